The number of nitrogens with zero attached hydrogens (tertiary/aromatic N) is 3. The van der Waals surface area contributed by atoms with Crippen molar-refractivity contribution in [2.45, 2.75) is 25.9 Å². The van der Waals surface area contributed by atoms with Gasteiger partial charge in [0.25, 0.3) is 0 Å². The third-order valence-electron chi connectivity index (χ3n) is 2.84. The molecule has 21 heavy (non-hydrogen) atoms. The number of pyridine rings is 1. The summed E-state index contributed by atoms with van der Waals surface area (Å²) in [4.78, 5) is 22.2. The molecule has 0 saturated carbocycles. The Hall–Kier alpha value is -1.79. The lowest BCUT2D eigenvalue weighted by Gasteiger charge is -2.25. The minimum absolute atomic E-state index is 0.0554. The molecule has 5 nitrogen and oxygen atoms in total. The maximum absolute atomic E-state index is 12.1. The number of aromatic nitrogens is 2. The Morgan fingerprint density at radius 1 is 1.48 bits per heavy atom. The van der Waals surface area contributed by atoms with Crippen LogP contribution in [0.25, 0.3) is 10.6 Å². The molecule has 0 saturated heterocycles. The Labute approximate surface area is 128 Å². The minimum atomic E-state index is -0.895. The van der Waals surface area contributed by atoms with Gasteiger partial charge < -0.3 is 10.0 Å². The molecule has 1 N–H and O–H groups in total. The van der Waals surface area contributed by atoms with Crippen LogP contribution in [0.15, 0.2) is 29.9 Å². The van der Waals surface area contributed by atoms with Crippen LogP contribution in [0.4, 0.5) is 0 Å². The molecule has 0 unspecified atom stereocenters. The summed E-state index contributed by atoms with van der Waals surface area (Å²) in [6, 6.07) is 3.80. The first kappa shape index (κ1) is 15.6. The van der Waals surface area contributed by atoms with Crippen LogP contribution in [0, 0.1) is 0 Å². The molecular formula is C15H19N3O2S. The van der Waals surface area contributed by atoms with E-state index in [1.165, 1.54) is 16.2 Å². The molecule has 6 heteroatoms. The molecule has 0 aliphatic carbocycles. The normalized spacial score (nSPS) is 11.4. The summed E-state index contributed by atoms with van der Waals surface area (Å²) in [5, 5.41) is 12.5. The molecule has 2 aromatic rings. The summed E-state index contributed by atoms with van der Waals surface area (Å²) in [6.45, 7) is 3.66. The molecule has 0 radical (unpaired) electrons. The SMILES string of the molecule is CN(CC(C)(C)O)C(=O)Cc1csc(-c2cccnc2)n1. The lowest BCUT2D eigenvalue weighted by atomic mass is 10.1. The third kappa shape index (κ3) is 4.61. The molecule has 112 valence electrons. The maximum Gasteiger partial charge on any atom is 0.228 e. The fraction of sp³-hybridized carbons (Fsp3) is 0.400. The van der Waals surface area contributed by atoms with Gasteiger partial charge in [0, 0.05) is 36.9 Å². The van der Waals surface area contributed by atoms with Gasteiger partial charge in [-0.15, -0.1) is 11.3 Å². The smallest absolute Gasteiger partial charge is 0.228 e. The number of hydrogen-bond donors (Lipinski definition) is 1. The van der Waals surface area contributed by atoms with E-state index >= 15 is 0 Å². The maximum atomic E-state index is 12.1. The van der Waals surface area contributed by atoms with E-state index < -0.39 is 5.60 Å². The van der Waals surface area contributed by atoms with E-state index in [0.29, 0.717) is 6.54 Å². The highest BCUT2D eigenvalue weighted by Gasteiger charge is 2.20. The molecule has 0 aliphatic rings. The van der Waals surface area contributed by atoms with Crippen molar-refractivity contribution in [3.63, 3.8) is 0 Å². The zero-order valence-corrected chi connectivity index (χ0v) is 13.2. The lowest BCUT2D eigenvalue weighted by Crippen LogP contribution is -2.40. The number of carbonyl (C=O) groups excluding carboxylic acids is 1. The van der Waals surface area contributed by atoms with Crippen molar-refractivity contribution < 1.29 is 9.90 Å². The van der Waals surface area contributed by atoms with Gasteiger partial charge in [-0.1, -0.05) is 0 Å². The van der Waals surface area contributed by atoms with Gasteiger partial charge in [0.05, 0.1) is 17.7 Å². The molecule has 0 atom stereocenters. The van der Waals surface area contributed by atoms with Crippen LogP contribution < -0.4 is 0 Å². The summed E-state index contributed by atoms with van der Waals surface area (Å²) in [6.07, 6.45) is 3.71. The van der Waals surface area contributed by atoms with Gasteiger partial charge in [-0.2, -0.15) is 0 Å². The van der Waals surface area contributed by atoms with Crippen LogP contribution in [0.1, 0.15) is 19.5 Å². The summed E-state index contributed by atoms with van der Waals surface area (Å²) in [7, 11) is 1.69. The molecule has 0 aliphatic heterocycles. The molecule has 0 aromatic carbocycles. The number of rotatable bonds is 5. The van der Waals surface area contributed by atoms with Crippen LogP contribution in [0.5, 0.6) is 0 Å². The van der Waals surface area contributed by atoms with E-state index in [2.05, 4.69) is 9.97 Å². The van der Waals surface area contributed by atoms with Crippen molar-refractivity contribution in [1.82, 2.24) is 14.9 Å². The zero-order valence-electron chi connectivity index (χ0n) is 12.4. The summed E-state index contributed by atoms with van der Waals surface area (Å²) < 4.78 is 0. The van der Waals surface area contributed by atoms with Crippen LogP contribution >= 0.6 is 11.3 Å². The van der Waals surface area contributed by atoms with Gasteiger partial charge in [0.1, 0.15) is 5.01 Å². The molecule has 2 aromatic heterocycles. The number of amides is 1. The van der Waals surface area contributed by atoms with Crippen molar-refractivity contribution in [1.29, 1.82) is 0 Å². The fourth-order valence-corrected chi connectivity index (χ4v) is 2.78. The number of likely N-dealkylation sites (N-methyl/N-ethyl adjacent to an activating group) is 1. The molecular weight excluding hydrogens is 286 g/mol. The van der Waals surface area contributed by atoms with Gasteiger partial charge in [-0.05, 0) is 26.0 Å². The van der Waals surface area contributed by atoms with E-state index in [-0.39, 0.29) is 12.3 Å². The third-order valence-corrected chi connectivity index (χ3v) is 3.78. The predicted molar refractivity (Wildman–Crippen MR) is 83.0 cm³/mol. The molecule has 2 heterocycles. The van der Waals surface area contributed by atoms with Gasteiger partial charge in [-0.3, -0.25) is 9.78 Å². The van der Waals surface area contributed by atoms with Crippen LogP contribution in [0.3, 0.4) is 0 Å². The summed E-state index contributed by atoms with van der Waals surface area (Å²) >= 11 is 1.50. The highest BCUT2D eigenvalue weighted by Crippen LogP contribution is 2.23. The van der Waals surface area contributed by atoms with Gasteiger partial charge in [-0.25, -0.2) is 4.98 Å². The Morgan fingerprint density at radius 2 is 2.24 bits per heavy atom. The summed E-state index contributed by atoms with van der Waals surface area (Å²) in [5.74, 6) is -0.0554. The number of thiazole rings is 1. The van der Waals surface area contributed by atoms with Crippen molar-refractivity contribution in [2.75, 3.05) is 13.6 Å². The molecule has 1 amide bonds. The number of hydrogen-bond acceptors (Lipinski definition) is 5. The van der Waals surface area contributed by atoms with Crippen LogP contribution in [0.2, 0.25) is 0 Å². The fourth-order valence-electron chi connectivity index (χ4n) is 1.97. The average Bonchev–Trinajstić information content (AvgIpc) is 2.86. The first-order valence-corrected chi connectivity index (χ1v) is 7.54. The van der Waals surface area contributed by atoms with Gasteiger partial charge >= 0.3 is 0 Å². The minimum Gasteiger partial charge on any atom is -0.389 e. The van der Waals surface area contributed by atoms with E-state index in [4.69, 9.17) is 0 Å². The number of aliphatic hydroxyl groups is 1. The molecule has 2 rings (SSSR count). The van der Waals surface area contributed by atoms with Crippen molar-refractivity contribution >= 4 is 17.2 Å². The van der Waals surface area contributed by atoms with Crippen molar-refractivity contribution in [3.8, 4) is 10.6 Å². The Bertz CT molecular complexity index is 605. The van der Waals surface area contributed by atoms with Crippen molar-refractivity contribution in [2.24, 2.45) is 0 Å². The highest BCUT2D eigenvalue weighted by atomic mass is 32.1. The Morgan fingerprint density at radius 3 is 2.86 bits per heavy atom. The van der Waals surface area contributed by atoms with E-state index in [1.807, 2.05) is 17.5 Å². The second-order valence-electron chi connectivity index (χ2n) is 5.62. The topological polar surface area (TPSA) is 66.3 Å². The van der Waals surface area contributed by atoms with Crippen molar-refractivity contribution in [3.05, 3.63) is 35.6 Å². The quantitative estimate of drug-likeness (QED) is 0.917. The lowest BCUT2D eigenvalue weighted by molar-refractivity contribution is -0.131. The largest absolute Gasteiger partial charge is 0.389 e. The van der Waals surface area contributed by atoms with Gasteiger partial charge in [0.2, 0.25) is 5.91 Å². The highest BCUT2D eigenvalue weighted by molar-refractivity contribution is 7.13. The summed E-state index contributed by atoms with van der Waals surface area (Å²) in [5.41, 5.74) is 0.797. The second kappa shape index (κ2) is 6.32. The standard InChI is InChI=1S/C15H19N3O2S/c1-15(2,20)10-18(3)13(19)7-12-9-21-14(17-12)11-5-4-6-16-8-11/h4-6,8-9,20H,7,10H2,1-3H3. The van der Waals surface area contributed by atoms with E-state index in [1.54, 1.807) is 33.3 Å². The van der Waals surface area contributed by atoms with Crippen LogP contribution in [-0.2, 0) is 11.2 Å². The molecule has 0 bridgehead atoms. The molecule has 0 spiro atoms. The van der Waals surface area contributed by atoms with Gasteiger partial charge in [0.15, 0.2) is 0 Å². The van der Waals surface area contributed by atoms with Crippen LogP contribution in [-0.4, -0.2) is 45.1 Å². The van der Waals surface area contributed by atoms with E-state index in [0.717, 1.165) is 16.3 Å². The first-order chi connectivity index (χ1) is 9.85. The average molecular weight is 305 g/mol. The second-order valence-corrected chi connectivity index (χ2v) is 6.48. The number of carbonyl (C=O) groups is 1. The Balaban J connectivity index is 2.01. The monoisotopic (exact) mass is 305 g/mol. The van der Waals surface area contributed by atoms with E-state index in [9.17, 15) is 9.90 Å². The zero-order chi connectivity index (χ0) is 15.5. The Kier molecular flexibility index (Phi) is 4.69. The molecule has 0 fully saturated rings. The first-order valence-electron chi connectivity index (χ1n) is 6.66. The predicted octanol–water partition coefficient (Wildman–Crippen LogP) is 1.98.